The normalized spacial score (nSPS) is 11.0. The van der Waals surface area contributed by atoms with Gasteiger partial charge in [-0.1, -0.05) is 30.3 Å². The van der Waals surface area contributed by atoms with E-state index in [1.54, 1.807) is 6.07 Å². The van der Waals surface area contributed by atoms with Gasteiger partial charge in [0.1, 0.15) is 11.3 Å². The summed E-state index contributed by atoms with van der Waals surface area (Å²) in [5.41, 5.74) is 2.69. The molecule has 1 heterocycles. The van der Waals surface area contributed by atoms with E-state index in [0.29, 0.717) is 11.0 Å². The van der Waals surface area contributed by atoms with E-state index in [2.05, 4.69) is 20.9 Å². The average Bonchev–Trinajstić information content (AvgIpc) is 2.77. The fraction of sp³-hybridized carbons (Fsp3) is 0.133. The molecular weight excluding hydrogens is 334 g/mol. The Kier molecular flexibility index (Phi) is 3.47. The maximum Gasteiger partial charge on any atom is 0.272 e. The van der Waals surface area contributed by atoms with Crippen molar-refractivity contribution in [1.82, 2.24) is 9.55 Å². The summed E-state index contributed by atoms with van der Waals surface area (Å²) in [4.78, 5) is 15.1. The van der Waals surface area contributed by atoms with Crippen molar-refractivity contribution in [3.05, 3.63) is 68.4 Å². The third kappa shape index (κ3) is 2.54. The minimum Gasteiger partial charge on any atom is -0.323 e. The summed E-state index contributed by atoms with van der Waals surface area (Å²) in [6, 6.07) is 13.0. The Balaban J connectivity index is 2.17. The van der Waals surface area contributed by atoms with Crippen molar-refractivity contribution in [3.8, 4) is 0 Å². The highest BCUT2D eigenvalue weighted by molar-refractivity contribution is 9.10. The zero-order chi connectivity index (χ0) is 15.0. The number of aromatic nitrogens is 2. The van der Waals surface area contributed by atoms with Crippen LogP contribution in [0, 0.1) is 17.0 Å². The van der Waals surface area contributed by atoms with Crippen molar-refractivity contribution in [2.75, 3.05) is 0 Å². The molecule has 0 saturated heterocycles. The first kappa shape index (κ1) is 13.8. The second kappa shape index (κ2) is 5.29. The third-order valence-electron chi connectivity index (χ3n) is 3.38. The summed E-state index contributed by atoms with van der Waals surface area (Å²) in [5.74, 6) is 0.829. The van der Waals surface area contributed by atoms with Gasteiger partial charge in [-0.3, -0.25) is 10.1 Å². The van der Waals surface area contributed by atoms with Gasteiger partial charge < -0.3 is 4.57 Å². The molecule has 0 aliphatic rings. The number of rotatable bonds is 3. The number of aryl methyl sites for hydroxylation is 1. The lowest BCUT2D eigenvalue weighted by Crippen LogP contribution is -2.02. The van der Waals surface area contributed by atoms with Crippen LogP contribution in [0.2, 0.25) is 0 Å². The summed E-state index contributed by atoms with van der Waals surface area (Å²) in [5, 5.41) is 11.0. The Morgan fingerprint density at radius 3 is 2.67 bits per heavy atom. The molecule has 0 atom stereocenters. The van der Waals surface area contributed by atoms with Crippen LogP contribution in [0.15, 0.2) is 46.9 Å². The van der Waals surface area contributed by atoms with Crippen LogP contribution in [0.5, 0.6) is 0 Å². The minimum absolute atomic E-state index is 0.0589. The van der Waals surface area contributed by atoms with Crippen LogP contribution >= 0.6 is 15.9 Å². The molecule has 1 aromatic heterocycles. The molecule has 0 radical (unpaired) electrons. The molecule has 0 amide bonds. The molecular formula is C15H12BrN3O2. The summed E-state index contributed by atoms with van der Waals surface area (Å²) in [6.45, 7) is 2.54. The van der Waals surface area contributed by atoms with Crippen LogP contribution in [-0.2, 0) is 6.54 Å². The summed E-state index contributed by atoms with van der Waals surface area (Å²) < 4.78 is 2.63. The largest absolute Gasteiger partial charge is 0.323 e. The van der Waals surface area contributed by atoms with Gasteiger partial charge in [0.2, 0.25) is 0 Å². The zero-order valence-corrected chi connectivity index (χ0v) is 12.9. The second-order valence-electron chi connectivity index (χ2n) is 4.78. The van der Waals surface area contributed by atoms with Crippen LogP contribution in [-0.4, -0.2) is 14.5 Å². The summed E-state index contributed by atoms with van der Waals surface area (Å²) in [6.07, 6.45) is 0. The number of nitro groups is 1. The first-order valence-electron chi connectivity index (χ1n) is 6.41. The van der Waals surface area contributed by atoms with Crippen molar-refractivity contribution in [1.29, 1.82) is 0 Å². The Bertz CT molecular complexity index is 828. The topological polar surface area (TPSA) is 61.0 Å². The fourth-order valence-electron chi connectivity index (χ4n) is 2.35. The molecule has 106 valence electrons. The fourth-order valence-corrected chi connectivity index (χ4v) is 2.88. The van der Waals surface area contributed by atoms with Gasteiger partial charge in [-0.2, -0.15) is 0 Å². The summed E-state index contributed by atoms with van der Waals surface area (Å²) >= 11 is 3.37. The number of halogens is 1. The molecule has 2 aromatic carbocycles. The molecule has 0 N–H and O–H groups in total. The van der Waals surface area contributed by atoms with Crippen LogP contribution in [0.25, 0.3) is 11.0 Å². The Morgan fingerprint density at radius 1 is 1.29 bits per heavy atom. The van der Waals surface area contributed by atoms with Crippen LogP contribution < -0.4 is 0 Å². The maximum atomic E-state index is 11.0. The van der Waals surface area contributed by atoms with Crippen LogP contribution in [0.1, 0.15) is 11.4 Å². The second-order valence-corrected chi connectivity index (χ2v) is 5.64. The first-order chi connectivity index (χ1) is 10.1. The SMILES string of the molecule is Cc1nc2c(Br)cc([N+](=O)[O-])cc2n1Cc1ccccc1. The third-order valence-corrected chi connectivity index (χ3v) is 3.98. The zero-order valence-electron chi connectivity index (χ0n) is 11.3. The molecule has 21 heavy (non-hydrogen) atoms. The lowest BCUT2D eigenvalue weighted by molar-refractivity contribution is -0.384. The van der Waals surface area contributed by atoms with Crippen LogP contribution in [0.3, 0.4) is 0 Å². The number of non-ortho nitro benzene ring substituents is 1. The van der Waals surface area contributed by atoms with Gasteiger partial charge in [0.15, 0.2) is 0 Å². The van der Waals surface area contributed by atoms with Gasteiger partial charge in [-0.05, 0) is 28.4 Å². The average molecular weight is 346 g/mol. The van der Waals surface area contributed by atoms with E-state index in [1.807, 2.05) is 41.8 Å². The molecule has 0 saturated carbocycles. The molecule has 6 heteroatoms. The molecule has 0 unspecified atom stereocenters. The first-order valence-corrected chi connectivity index (χ1v) is 7.20. The van der Waals surface area contributed by atoms with Gasteiger partial charge in [0.25, 0.3) is 5.69 Å². The highest BCUT2D eigenvalue weighted by atomic mass is 79.9. The molecule has 0 bridgehead atoms. The van der Waals surface area contributed by atoms with Crippen molar-refractivity contribution >= 4 is 32.7 Å². The van der Waals surface area contributed by atoms with Crippen molar-refractivity contribution in [2.45, 2.75) is 13.5 Å². The quantitative estimate of drug-likeness (QED) is 0.531. The number of imidazole rings is 1. The molecule has 0 aliphatic heterocycles. The summed E-state index contributed by atoms with van der Waals surface area (Å²) in [7, 11) is 0. The Morgan fingerprint density at radius 2 is 2.00 bits per heavy atom. The number of nitrogens with zero attached hydrogens (tertiary/aromatic N) is 3. The lowest BCUT2D eigenvalue weighted by Gasteiger charge is -2.07. The van der Waals surface area contributed by atoms with E-state index in [-0.39, 0.29) is 10.6 Å². The molecule has 3 rings (SSSR count). The monoisotopic (exact) mass is 345 g/mol. The molecule has 5 nitrogen and oxygen atoms in total. The highest BCUT2D eigenvalue weighted by Gasteiger charge is 2.16. The molecule has 0 fully saturated rings. The van der Waals surface area contributed by atoms with Crippen molar-refractivity contribution in [2.24, 2.45) is 0 Å². The van der Waals surface area contributed by atoms with Gasteiger partial charge >= 0.3 is 0 Å². The molecule has 0 spiro atoms. The van der Waals surface area contributed by atoms with Crippen molar-refractivity contribution < 1.29 is 4.92 Å². The Hall–Kier alpha value is -2.21. The number of benzene rings is 2. The van der Waals surface area contributed by atoms with E-state index >= 15 is 0 Å². The van der Waals surface area contributed by atoms with Crippen molar-refractivity contribution in [3.63, 3.8) is 0 Å². The number of nitro benzene ring substituents is 1. The molecule has 0 aliphatic carbocycles. The van der Waals surface area contributed by atoms with Gasteiger partial charge in [-0.15, -0.1) is 0 Å². The molecule has 3 aromatic rings. The predicted octanol–water partition coefficient (Wildman–Crippen LogP) is 4.06. The van der Waals surface area contributed by atoms with E-state index in [4.69, 9.17) is 0 Å². The number of fused-ring (bicyclic) bond motifs is 1. The maximum absolute atomic E-state index is 11.0. The number of hydrogen-bond acceptors (Lipinski definition) is 3. The van der Waals surface area contributed by atoms with Gasteiger partial charge in [0, 0.05) is 18.7 Å². The predicted molar refractivity (Wildman–Crippen MR) is 84.4 cm³/mol. The highest BCUT2D eigenvalue weighted by Crippen LogP contribution is 2.30. The standard InChI is InChI=1S/C15H12BrN3O2/c1-10-17-15-13(16)7-12(19(20)21)8-14(15)18(10)9-11-5-3-2-4-6-11/h2-8H,9H2,1H3. The van der Waals surface area contributed by atoms with E-state index in [0.717, 1.165) is 22.4 Å². The van der Waals surface area contributed by atoms with Gasteiger partial charge in [-0.25, -0.2) is 4.98 Å². The van der Waals surface area contributed by atoms with E-state index in [1.165, 1.54) is 6.07 Å². The van der Waals surface area contributed by atoms with E-state index in [9.17, 15) is 10.1 Å². The minimum atomic E-state index is -0.389. The van der Waals surface area contributed by atoms with Crippen LogP contribution in [0.4, 0.5) is 5.69 Å². The number of hydrogen-bond donors (Lipinski definition) is 0. The smallest absolute Gasteiger partial charge is 0.272 e. The van der Waals surface area contributed by atoms with E-state index < -0.39 is 0 Å². The lowest BCUT2D eigenvalue weighted by atomic mass is 10.2. The Labute approximate surface area is 129 Å². The van der Waals surface area contributed by atoms with Gasteiger partial charge in [0.05, 0.1) is 14.9 Å².